The third-order valence-electron chi connectivity index (χ3n) is 4.96. The minimum Gasteiger partial charge on any atom is -0.394 e. The number of nitrogens with zero attached hydrogens (tertiary/aromatic N) is 4. The normalized spacial score (nSPS) is 13.1. The Kier molecular flexibility index (Phi) is 5.67. The van der Waals surface area contributed by atoms with E-state index in [4.69, 9.17) is 0 Å². The Morgan fingerprint density at radius 3 is 2.52 bits per heavy atom. The van der Waals surface area contributed by atoms with Gasteiger partial charge in [0.1, 0.15) is 5.69 Å². The van der Waals surface area contributed by atoms with Gasteiger partial charge in [0.15, 0.2) is 4.96 Å². The van der Waals surface area contributed by atoms with Gasteiger partial charge in [-0.25, -0.2) is 15.0 Å². The van der Waals surface area contributed by atoms with Crippen molar-refractivity contribution >= 4 is 22.2 Å². The van der Waals surface area contributed by atoms with E-state index in [1.165, 1.54) is 23.5 Å². The zero-order chi connectivity index (χ0) is 22.2. The number of halogens is 3. The topological polar surface area (TPSA) is 75.3 Å². The van der Waals surface area contributed by atoms with Crippen molar-refractivity contribution in [2.45, 2.75) is 26.1 Å². The number of fused-ring (bicyclic) bond motifs is 1. The molecule has 1 aromatic carbocycles. The molecule has 3 heterocycles. The zero-order valence-corrected chi connectivity index (χ0v) is 17.6. The maximum absolute atomic E-state index is 13.0. The number of benzene rings is 1. The molecule has 6 nitrogen and oxygen atoms in total. The first-order valence-electron chi connectivity index (χ1n) is 9.62. The second-order valence-electron chi connectivity index (χ2n) is 7.38. The average Bonchev–Trinajstić information content (AvgIpc) is 3.32. The van der Waals surface area contributed by atoms with Gasteiger partial charge in [-0.05, 0) is 24.1 Å². The Balaban J connectivity index is 1.78. The molecule has 162 valence electrons. The van der Waals surface area contributed by atoms with Gasteiger partial charge in [-0.15, -0.1) is 11.3 Å². The highest BCUT2D eigenvalue weighted by Gasteiger charge is 2.30. The van der Waals surface area contributed by atoms with E-state index in [1.807, 2.05) is 29.8 Å². The summed E-state index contributed by atoms with van der Waals surface area (Å²) in [7, 11) is 0. The molecule has 2 N–H and O–H groups in total. The van der Waals surface area contributed by atoms with Crippen molar-refractivity contribution in [3.63, 3.8) is 0 Å². The predicted molar refractivity (Wildman–Crippen MR) is 114 cm³/mol. The lowest BCUT2D eigenvalue weighted by Crippen LogP contribution is -2.30. The fourth-order valence-corrected chi connectivity index (χ4v) is 3.91. The molecular weight excluding hydrogens is 427 g/mol. The van der Waals surface area contributed by atoms with Gasteiger partial charge in [-0.3, -0.25) is 4.40 Å². The van der Waals surface area contributed by atoms with Gasteiger partial charge in [0.2, 0.25) is 5.95 Å². The number of anilines is 1. The number of thiazole rings is 1. The number of aliphatic hydroxyl groups excluding tert-OH is 1. The molecule has 0 fully saturated rings. The zero-order valence-electron chi connectivity index (χ0n) is 16.8. The highest BCUT2D eigenvalue weighted by molar-refractivity contribution is 7.15. The Morgan fingerprint density at radius 1 is 1.13 bits per heavy atom. The van der Waals surface area contributed by atoms with E-state index in [2.05, 4.69) is 20.3 Å². The third-order valence-corrected chi connectivity index (χ3v) is 5.72. The van der Waals surface area contributed by atoms with Gasteiger partial charge in [-0.2, -0.15) is 13.2 Å². The van der Waals surface area contributed by atoms with Crippen LogP contribution in [-0.2, 0) is 6.18 Å². The van der Waals surface area contributed by atoms with Crippen molar-refractivity contribution in [2.75, 3.05) is 11.9 Å². The number of aromatic nitrogens is 4. The number of nitrogens with one attached hydrogen (secondary N) is 1. The van der Waals surface area contributed by atoms with Crippen LogP contribution in [0.15, 0.2) is 48.1 Å². The van der Waals surface area contributed by atoms with Gasteiger partial charge in [-0.1, -0.05) is 26.0 Å². The molecule has 0 radical (unpaired) electrons. The minimum absolute atomic E-state index is 0.0660. The Morgan fingerprint density at radius 2 is 1.87 bits per heavy atom. The number of imidazole rings is 1. The summed E-state index contributed by atoms with van der Waals surface area (Å²) >= 11 is 1.42. The molecule has 3 aromatic heterocycles. The first kappa shape index (κ1) is 21.3. The van der Waals surface area contributed by atoms with Gasteiger partial charge in [0, 0.05) is 23.3 Å². The summed E-state index contributed by atoms with van der Waals surface area (Å²) in [5.74, 6) is 0.521. The summed E-state index contributed by atoms with van der Waals surface area (Å²) < 4.78 is 40.7. The van der Waals surface area contributed by atoms with E-state index in [0.29, 0.717) is 33.6 Å². The standard InChI is InChI=1S/C21H20F3N5OS/c1-12(2)16(11-30)27-19-25-8-7-15(26-19)18-17(28-20-29(18)9-10-31-20)13-3-5-14(6-4-13)21(22,23)24/h3-10,12,16,30H,11H2,1-2H3,(H,25,26,27)/t16-/m1/s1. The molecular formula is C21H20F3N5OS. The van der Waals surface area contributed by atoms with Crippen molar-refractivity contribution in [2.24, 2.45) is 5.92 Å². The Labute approximate surface area is 180 Å². The minimum atomic E-state index is -4.40. The van der Waals surface area contributed by atoms with Crippen molar-refractivity contribution in [3.8, 4) is 22.6 Å². The Bertz CT molecular complexity index is 1180. The number of alkyl halides is 3. The van der Waals surface area contributed by atoms with Crippen LogP contribution in [0.3, 0.4) is 0 Å². The van der Waals surface area contributed by atoms with Crippen molar-refractivity contribution in [1.29, 1.82) is 0 Å². The summed E-state index contributed by atoms with van der Waals surface area (Å²) in [5, 5.41) is 14.6. The van der Waals surface area contributed by atoms with Gasteiger partial charge >= 0.3 is 6.18 Å². The molecule has 0 saturated heterocycles. The molecule has 0 amide bonds. The van der Waals surface area contributed by atoms with E-state index in [1.54, 1.807) is 12.3 Å². The van der Waals surface area contributed by atoms with Gasteiger partial charge < -0.3 is 10.4 Å². The van der Waals surface area contributed by atoms with Crippen LogP contribution in [0.5, 0.6) is 0 Å². The summed E-state index contributed by atoms with van der Waals surface area (Å²) in [6.07, 6.45) is -0.958. The molecule has 4 rings (SSSR count). The second-order valence-corrected chi connectivity index (χ2v) is 8.26. The molecule has 0 aliphatic rings. The molecule has 0 saturated carbocycles. The fraction of sp³-hybridized carbons (Fsp3) is 0.286. The van der Waals surface area contributed by atoms with E-state index in [0.717, 1.165) is 12.1 Å². The predicted octanol–water partition coefficient (Wildman–Crippen LogP) is 4.97. The monoisotopic (exact) mass is 447 g/mol. The maximum atomic E-state index is 13.0. The molecule has 0 bridgehead atoms. The lowest BCUT2D eigenvalue weighted by atomic mass is 10.1. The van der Waals surface area contributed by atoms with Crippen LogP contribution in [0, 0.1) is 5.92 Å². The number of rotatable bonds is 6. The van der Waals surface area contributed by atoms with Crippen molar-refractivity contribution in [3.05, 3.63) is 53.7 Å². The van der Waals surface area contributed by atoms with E-state index in [-0.39, 0.29) is 18.6 Å². The molecule has 0 aliphatic carbocycles. The average molecular weight is 447 g/mol. The fourth-order valence-electron chi connectivity index (χ4n) is 3.20. The van der Waals surface area contributed by atoms with Crippen LogP contribution in [0.2, 0.25) is 0 Å². The summed E-state index contributed by atoms with van der Waals surface area (Å²) in [4.78, 5) is 14.2. The van der Waals surface area contributed by atoms with Crippen LogP contribution in [0.4, 0.5) is 19.1 Å². The lowest BCUT2D eigenvalue weighted by Gasteiger charge is -2.19. The van der Waals surface area contributed by atoms with Crippen molar-refractivity contribution in [1.82, 2.24) is 19.4 Å². The molecule has 4 aromatic rings. The largest absolute Gasteiger partial charge is 0.416 e. The first-order valence-corrected chi connectivity index (χ1v) is 10.5. The van der Waals surface area contributed by atoms with E-state index >= 15 is 0 Å². The van der Waals surface area contributed by atoms with E-state index in [9.17, 15) is 18.3 Å². The molecule has 0 spiro atoms. The summed E-state index contributed by atoms with van der Waals surface area (Å²) in [6.45, 7) is 3.89. The third kappa shape index (κ3) is 4.26. The van der Waals surface area contributed by atoms with Gasteiger partial charge in [0.25, 0.3) is 0 Å². The van der Waals surface area contributed by atoms with Crippen molar-refractivity contribution < 1.29 is 18.3 Å². The second kappa shape index (κ2) is 8.27. The quantitative estimate of drug-likeness (QED) is 0.437. The number of aliphatic hydroxyl groups is 1. The van der Waals surface area contributed by atoms with Crippen LogP contribution in [0.25, 0.3) is 27.6 Å². The first-order chi connectivity index (χ1) is 14.8. The van der Waals surface area contributed by atoms with Gasteiger partial charge in [0.05, 0.1) is 29.6 Å². The smallest absolute Gasteiger partial charge is 0.394 e. The van der Waals surface area contributed by atoms with Crippen LogP contribution < -0.4 is 5.32 Å². The molecule has 10 heteroatoms. The molecule has 31 heavy (non-hydrogen) atoms. The van der Waals surface area contributed by atoms with Crippen LogP contribution in [-0.4, -0.2) is 37.1 Å². The van der Waals surface area contributed by atoms with E-state index < -0.39 is 11.7 Å². The SMILES string of the molecule is CC(C)[C@@H](CO)Nc1nccc(-c2c(-c3ccc(C(F)(F)F)cc3)nc3sccn23)n1. The summed E-state index contributed by atoms with van der Waals surface area (Å²) in [5.41, 5.74) is 1.61. The lowest BCUT2D eigenvalue weighted by molar-refractivity contribution is -0.137. The molecule has 0 unspecified atom stereocenters. The number of hydrogen-bond acceptors (Lipinski definition) is 6. The molecule has 0 aliphatic heterocycles. The maximum Gasteiger partial charge on any atom is 0.416 e. The number of hydrogen-bond donors (Lipinski definition) is 2. The highest BCUT2D eigenvalue weighted by Crippen LogP contribution is 2.36. The Hall–Kier alpha value is -2.98. The summed E-state index contributed by atoms with van der Waals surface area (Å²) in [6, 6.07) is 6.45. The van der Waals surface area contributed by atoms with Crippen LogP contribution >= 0.6 is 11.3 Å². The highest BCUT2D eigenvalue weighted by atomic mass is 32.1. The molecule has 1 atom stereocenters. The van der Waals surface area contributed by atoms with Crippen LogP contribution in [0.1, 0.15) is 19.4 Å².